The van der Waals surface area contributed by atoms with Crippen LogP contribution < -0.4 is 33.2 Å². The SMILES string of the molecule is CC(C)CC(NC(=O)C(CCCCN)NC(=O)C(CC(N)=O)NC(=O)C(C)N)C(=O)O. The van der Waals surface area contributed by atoms with Crippen LogP contribution in [0.3, 0.4) is 0 Å². The second-order valence-electron chi connectivity index (χ2n) is 7.89. The summed E-state index contributed by atoms with van der Waals surface area (Å²) in [5, 5.41) is 16.6. The second kappa shape index (κ2) is 14.3. The van der Waals surface area contributed by atoms with Gasteiger partial charge in [0.15, 0.2) is 0 Å². The lowest BCUT2D eigenvalue weighted by atomic mass is 10.0. The van der Waals surface area contributed by atoms with Gasteiger partial charge in [-0.15, -0.1) is 0 Å². The van der Waals surface area contributed by atoms with Crippen LogP contribution in [0.4, 0.5) is 0 Å². The van der Waals surface area contributed by atoms with Gasteiger partial charge in [-0.05, 0) is 45.1 Å². The fraction of sp³-hybridized carbons (Fsp3) is 0.737. The molecule has 0 rings (SSSR count). The van der Waals surface area contributed by atoms with E-state index in [0.717, 1.165) is 0 Å². The van der Waals surface area contributed by atoms with E-state index >= 15 is 0 Å². The summed E-state index contributed by atoms with van der Waals surface area (Å²) in [6, 6.07) is -4.47. The van der Waals surface area contributed by atoms with Crippen LogP contribution in [-0.2, 0) is 24.0 Å². The molecule has 0 aromatic rings. The number of carboxylic acids is 1. The second-order valence-corrected chi connectivity index (χ2v) is 7.89. The molecule has 0 aliphatic carbocycles. The first-order chi connectivity index (χ1) is 14.4. The average molecular weight is 445 g/mol. The van der Waals surface area contributed by atoms with Gasteiger partial charge in [-0.25, -0.2) is 4.79 Å². The molecular formula is C19H36N6O6. The van der Waals surface area contributed by atoms with Gasteiger partial charge < -0.3 is 38.3 Å². The molecule has 4 atom stereocenters. The van der Waals surface area contributed by atoms with Crippen molar-refractivity contribution in [2.24, 2.45) is 23.1 Å². The molecule has 10 N–H and O–H groups in total. The molecule has 0 aliphatic rings. The van der Waals surface area contributed by atoms with Gasteiger partial charge in [0, 0.05) is 0 Å². The zero-order chi connectivity index (χ0) is 24.1. The third-order valence-corrected chi connectivity index (χ3v) is 4.35. The maximum absolute atomic E-state index is 12.7. The van der Waals surface area contributed by atoms with E-state index in [2.05, 4.69) is 16.0 Å². The van der Waals surface area contributed by atoms with E-state index in [0.29, 0.717) is 19.4 Å². The Labute approximate surface area is 182 Å². The molecule has 31 heavy (non-hydrogen) atoms. The molecule has 0 saturated carbocycles. The van der Waals surface area contributed by atoms with Crippen molar-refractivity contribution in [1.29, 1.82) is 0 Å². The van der Waals surface area contributed by atoms with E-state index in [1.807, 2.05) is 13.8 Å². The minimum Gasteiger partial charge on any atom is -0.480 e. The summed E-state index contributed by atoms with van der Waals surface area (Å²) in [6.45, 7) is 5.41. The summed E-state index contributed by atoms with van der Waals surface area (Å²) in [5.41, 5.74) is 16.1. The molecule has 12 nitrogen and oxygen atoms in total. The highest BCUT2D eigenvalue weighted by Crippen LogP contribution is 2.08. The summed E-state index contributed by atoms with van der Waals surface area (Å²) < 4.78 is 0. The number of carbonyl (C=O) groups excluding carboxylic acids is 4. The Morgan fingerprint density at radius 2 is 1.35 bits per heavy atom. The van der Waals surface area contributed by atoms with Gasteiger partial charge in [0.1, 0.15) is 18.1 Å². The van der Waals surface area contributed by atoms with Crippen molar-refractivity contribution in [1.82, 2.24) is 16.0 Å². The zero-order valence-electron chi connectivity index (χ0n) is 18.3. The number of hydrogen-bond donors (Lipinski definition) is 7. The summed E-state index contributed by atoms with van der Waals surface area (Å²) >= 11 is 0. The Hall–Kier alpha value is -2.73. The number of nitrogens with two attached hydrogens (primary N) is 3. The van der Waals surface area contributed by atoms with E-state index in [1.54, 1.807) is 0 Å². The molecule has 178 valence electrons. The van der Waals surface area contributed by atoms with Gasteiger partial charge in [0.2, 0.25) is 23.6 Å². The molecule has 0 fully saturated rings. The smallest absolute Gasteiger partial charge is 0.326 e. The largest absolute Gasteiger partial charge is 0.480 e. The maximum Gasteiger partial charge on any atom is 0.326 e. The van der Waals surface area contributed by atoms with Crippen molar-refractivity contribution in [2.75, 3.05) is 6.54 Å². The quantitative estimate of drug-likeness (QED) is 0.139. The highest BCUT2D eigenvalue weighted by Gasteiger charge is 2.30. The van der Waals surface area contributed by atoms with Gasteiger partial charge in [-0.2, -0.15) is 0 Å². The van der Waals surface area contributed by atoms with Crippen LogP contribution in [0.2, 0.25) is 0 Å². The molecule has 0 bridgehead atoms. The first-order valence-corrected chi connectivity index (χ1v) is 10.3. The van der Waals surface area contributed by atoms with E-state index in [4.69, 9.17) is 17.2 Å². The monoisotopic (exact) mass is 444 g/mol. The Kier molecular flexibility index (Phi) is 13.0. The zero-order valence-corrected chi connectivity index (χ0v) is 18.3. The normalized spacial score (nSPS) is 14.8. The first kappa shape index (κ1) is 28.3. The fourth-order valence-corrected chi connectivity index (χ4v) is 2.71. The predicted octanol–water partition coefficient (Wildman–Crippen LogP) is -2.08. The number of aliphatic carboxylic acids is 1. The lowest BCUT2D eigenvalue weighted by Crippen LogP contribution is -2.57. The van der Waals surface area contributed by atoms with Crippen LogP contribution in [0.25, 0.3) is 0 Å². The number of nitrogens with one attached hydrogen (secondary N) is 3. The molecule has 0 aromatic carbocycles. The molecular weight excluding hydrogens is 408 g/mol. The molecule has 12 heteroatoms. The van der Waals surface area contributed by atoms with Gasteiger partial charge in [-0.3, -0.25) is 19.2 Å². The van der Waals surface area contributed by atoms with Gasteiger partial charge in [0.05, 0.1) is 12.5 Å². The number of carbonyl (C=O) groups is 5. The van der Waals surface area contributed by atoms with E-state index in [-0.39, 0.29) is 18.8 Å². The third kappa shape index (κ3) is 11.9. The maximum atomic E-state index is 12.7. The first-order valence-electron chi connectivity index (χ1n) is 10.3. The van der Waals surface area contributed by atoms with Crippen molar-refractivity contribution >= 4 is 29.6 Å². The summed E-state index contributed by atoms with van der Waals surface area (Å²) in [6.07, 6.45) is 0.975. The number of hydrogen-bond acceptors (Lipinski definition) is 7. The molecule has 4 amide bonds. The molecule has 0 radical (unpaired) electrons. The Balaban J connectivity index is 5.45. The summed E-state index contributed by atoms with van der Waals surface area (Å²) in [4.78, 5) is 60.1. The van der Waals surface area contributed by atoms with Crippen LogP contribution in [0.5, 0.6) is 0 Å². The van der Waals surface area contributed by atoms with Crippen molar-refractivity contribution in [3.05, 3.63) is 0 Å². The van der Waals surface area contributed by atoms with Crippen LogP contribution >= 0.6 is 0 Å². The van der Waals surface area contributed by atoms with Crippen LogP contribution in [0, 0.1) is 5.92 Å². The molecule has 0 heterocycles. The Bertz CT molecular complexity index is 639. The molecule has 0 aromatic heterocycles. The third-order valence-electron chi connectivity index (χ3n) is 4.35. The minimum atomic E-state index is -1.33. The van der Waals surface area contributed by atoms with Crippen LogP contribution in [-0.4, -0.2) is 65.4 Å². The average Bonchev–Trinajstić information content (AvgIpc) is 2.64. The number of rotatable bonds is 15. The number of amides is 4. The van der Waals surface area contributed by atoms with Crippen molar-refractivity contribution < 1.29 is 29.1 Å². The van der Waals surface area contributed by atoms with Gasteiger partial charge in [0.25, 0.3) is 0 Å². The lowest BCUT2D eigenvalue weighted by Gasteiger charge is -2.25. The van der Waals surface area contributed by atoms with Crippen LogP contribution in [0.15, 0.2) is 0 Å². The Morgan fingerprint density at radius 1 is 0.839 bits per heavy atom. The minimum absolute atomic E-state index is 0.0140. The standard InChI is InChI=1S/C19H36N6O6/c1-10(2)8-14(19(30)31)25-17(28)12(6-4-5-7-20)23-18(29)13(9-15(22)26)24-16(27)11(3)21/h10-14H,4-9,20-21H2,1-3H3,(H2,22,26)(H,23,29)(H,24,27)(H,25,28)(H,30,31). The van der Waals surface area contributed by atoms with E-state index in [1.165, 1.54) is 6.92 Å². The van der Waals surface area contributed by atoms with Crippen molar-refractivity contribution in [2.45, 2.75) is 77.0 Å². The van der Waals surface area contributed by atoms with Gasteiger partial charge in [-0.1, -0.05) is 13.8 Å². The van der Waals surface area contributed by atoms with Crippen molar-refractivity contribution in [3.8, 4) is 0 Å². The highest BCUT2D eigenvalue weighted by atomic mass is 16.4. The summed E-state index contributed by atoms with van der Waals surface area (Å²) in [7, 11) is 0. The number of carboxylic acid groups (broad SMARTS) is 1. The number of primary amides is 1. The lowest BCUT2D eigenvalue weighted by molar-refractivity contribution is -0.143. The fourth-order valence-electron chi connectivity index (χ4n) is 2.71. The van der Waals surface area contributed by atoms with Crippen molar-refractivity contribution in [3.63, 3.8) is 0 Å². The van der Waals surface area contributed by atoms with E-state index < -0.39 is 60.2 Å². The van der Waals surface area contributed by atoms with E-state index in [9.17, 15) is 29.1 Å². The van der Waals surface area contributed by atoms with Gasteiger partial charge >= 0.3 is 5.97 Å². The summed E-state index contributed by atoms with van der Waals surface area (Å²) in [5.74, 6) is -4.18. The molecule has 0 aliphatic heterocycles. The Morgan fingerprint density at radius 3 is 1.81 bits per heavy atom. The highest BCUT2D eigenvalue weighted by molar-refractivity contribution is 5.96. The topological polar surface area (TPSA) is 220 Å². The molecule has 4 unspecified atom stereocenters. The van der Waals surface area contributed by atoms with Crippen LogP contribution in [0.1, 0.15) is 52.9 Å². The number of unbranched alkanes of at least 4 members (excludes halogenated alkanes) is 1. The molecule has 0 spiro atoms. The molecule has 0 saturated heterocycles. The predicted molar refractivity (Wildman–Crippen MR) is 113 cm³/mol.